The van der Waals surface area contributed by atoms with Crippen LogP contribution in [0, 0.1) is 5.82 Å². The summed E-state index contributed by atoms with van der Waals surface area (Å²) in [6.45, 7) is 3.75. The highest BCUT2D eigenvalue weighted by atomic mass is 35.5. The molecule has 0 fully saturated rings. The first-order valence-corrected chi connectivity index (χ1v) is 6.20. The van der Waals surface area contributed by atoms with Crippen molar-refractivity contribution < 1.29 is 14.3 Å². The Morgan fingerprint density at radius 3 is 2.78 bits per heavy atom. The molecule has 0 saturated carbocycles. The molecule has 18 heavy (non-hydrogen) atoms. The highest BCUT2D eigenvalue weighted by molar-refractivity contribution is 6.31. The molecule has 1 unspecified atom stereocenters. The highest BCUT2D eigenvalue weighted by Gasteiger charge is 2.31. The molecular formula is C13H17ClFNO2. The van der Waals surface area contributed by atoms with Gasteiger partial charge < -0.3 is 5.11 Å². The molecule has 1 atom stereocenters. The second kappa shape index (κ2) is 6.16. The Hall–Kier alpha value is -1.13. The first kappa shape index (κ1) is 14.9. The summed E-state index contributed by atoms with van der Waals surface area (Å²) in [5.74, 6) is -1.42. The van der Waals surface area contributed by atoms with Gasteiger partial charge in [-0.3, -0.25) is 10.1 Å². The number of carboxylic acids is 1. The Balaban J connectivity index is 2.79. The lowest BCUT2D eigenvalue weighted by Crippen LogP contribution is -2.48. The lowest BCUT2D eigenvalue weighted by atomic mass is 9.96. The smallest absolute Gasteiger partial charge is 0.323 e. The van der Waals surface area contributed by atoms with Gasteiger partial charge in [0.05, 0.1) is 5.02 Å². The summed E-state index contributed by atoms with van der Waals surface area (Å²) < 4.78 is 13.2. The molecule has 0 spiro atoms. The Morgan fingerprint density at radius 1 is 1.56 bits per heavy atom. The van der Waals surface area contributed by atoms with Crippen LogP contribution in [0.2, 0.25) is 5.02 Å². The molecule has 0 aliphatic rings. The van der Waals surface area contributed by atoms with Gasteiger partial charge in [-0.1, -0.05) is 37.1 Å². The number of carbonyl (C=O) groups is 1. The van der Waals surface area contributed by atoms with Crippen LogP contribution < -0.4 is 5.32 Å². The fraction of sp³-hybridized carbons (Fsp3) is 0.462. The first-order chi connectivity index (χ1) is 8.40. The molecular weight excluding hydrogens is 257 g/mol. The normalized spacial score (nSPS) is 14.2. The lowest BCUT2D eigenvalue weighted by Gasteiger charge is -2.26. The van der Waals surface area contributed by atoms with Crippen molar-refractivity contribution in [1.29, 1.82) is 0 Å². The fourth-order valence-corrected chi connectivity index (χ4v) is 1.94. The van der Waals surface area contributed by atoms with Crippen molar-refractivity contribution in [2.45, 2.75) is 38.8 Å². The van der Waals surface area contributed by atoms with Crippen molar-refractivity contribution in [3.8, 4) is 0 Å². The van der Waals surface area contributed by atoms with Gasteiger partial charge in [0.15, 0.2) is 0 Å². The van der Waals surface area contributed by atoms with Crippen LogP contribution in [0.25, 0.3) is 0 Å². The molecule has 5 heteroatoms. The zero-order valence-corrected chi connectivity index (χ0v) is 11.2. The standard InChI is InChI=1S/C13H17ClFNO2/c1-3-7-13(2,12(17)18)16-8-9-5-4-6-10(15)11(9)14/h4-6,16H,3,7-8H2,1-2H3,(H,17,18). The van der Waals surface area contributed by atoms with Gasteiger partial charge >= 0.3 is 5.97 Å². The van der Waals surface area contributed by atoms with Gasteiger partial charge in [0.25, 0.3) is 0 Å². The molecule has 1 aromatic rings. The molecule has 0 radical (unpaired) electrons. The molecule has 0 heterocycles. The number of rotatable bonds is 6. The minimum absolute atomic E-state index is 0.0363. The fourth-order valence-electron chi connectivity index (χ4n) is 1.75. The number of aliphatic carboxylic acids is 1. The molecule has 100 valence electrons. The summed E-state index contributed by atoms with van der Waals surface area (Å²) in [4.78, 5) is 11.2. The van der Waals surface area contributed by atoms with E-state index in [1.807, 2.05) is 6.92 Å². The van der Waals surface area contributed by atoms with Crippen LogP contribution in [0.5, 0.6) is 0 Å². The summed E-state index contributed by atoms with van der Waals surface area (Å²) in [6, 6.07) is 4.50. The quantitative estimate of drug-likeness (QED) is 0.837. The van der Waals surface area contributed by atoms with Gasteiger partial charge in [-0.2, -0.15) is 0 Å². The van der Waals surface area contributed by atoms with Crippen molar-refractivity contribution in [1.82, 2.24) is 5.32 Å². The molecule has 0 amide bonds. The van der Waals surface area contributed by atoms with Crippen molar-refractivity contribution in [2.75, 3.05) is 0 Å². The predicted molar refractivity (Wildman–Crippen MR) is 69.2 cm³/mol. The number of benzene rings is 1. The first-order valence-electron chi connectivity index (χ1n) is 5.82. The van der Waals surface area contributed by atoms with Crippen molar-refractivity contribution in [3.05, 3.63) is 34.6 Å². The van der Waals surface area contributed by atoms with Gasteiger partial charge in [-0.05, 0) is 25.0 Å². The highest BCUT2D eigenvalue weighted by Crippen LogP contribution is 2.21. The maximum atomic E-state index is 13.2. The molecule has 3 nitrogen and oxygen atoms in total. The molecule has 1 aromatic carbocycles. The second-order valence-corrected chi connectivity index (χ2v) is 4.83. The summed E-state index contributed by atoms with van der Waals surface area (Å²) in [5, 5.41) is 12.2. The number of nitrogens with one attached hydrogen (secondary N) is 1. The molecule has 2 N–H and O–H groups in total. The zero-order chi connectivity index (χ0) is 13.8. The minimum Gasteiger partial charge on any atom is -0.480 e. The number of hydrogen-bond acceptors (Lipinski definition) is 2. The maximum Gasteiger partial charge on any atom is 0.323 e. The second-order valence-electron chi connectivity index (χ2n) is 4.45. The Morgan fingerprint density at radius 2 is 2.22 bits per heavy atom. The average Bonchev–Trinajstić information content (AvgIpc) is 2.31. The summed E-state index contributed by atoms with van der Waals surface area (Å²) >= 11 is 5.82. The van der Waals surface area contributed by atoms with Crippen LogP contribution in [0.4, 0.5) is 4.39 Å². The Kier molecular flexibility index (Phi) is 5.11. The maximum absolute atomic E-state index is 13.2. The van der Waals surface area contributed by atoms with Gasteiger partial charge in [0, 0.05) is 6.54 Å². The average molecular weight is 274 g/mol. The topological polar surface area (TPSA) is 49.3 Å². The summed E-state index contributed by atoms with van der Waals surface area (Å²) in [5.41, 5.74) is -0.468. The molecule has 0 aliphatic carbocycles. The monoisotopic (exact) mass is 273 g/mol. The molecule has 1 rings (SSSR count). The van der Waals surface area contributed by atoms with E-state index in [4.69, 9.17) is 11.6 Å². The third-order valence-corrected chi connectivity index (χ3v) is 3.35. The van der Waals surface area contributed by atoms with Crippen LogP contribution in [0.15, 0.2) is 18.2 Å². The van der Waals surface area contributed by atoms with Crippen molar-refractivity contribution in [2.24, 2.45) is 0 Å². The predicted octanol–water partition coefficient (Wildman–Crippen LogP) is 3.21. The van der Waals surface area contributed by atoms with E-state index in [9.17, 15) is 14.3 Å². The van der Waals surface area contributed by atoms with Crippen molar-refractivity contribution >= 4 is 17.6 Å². The molecule has 0 aromatic heterocycles. The van der Waals surface area contributed by atoms with Crippen LogP contribution in [0.1, 0.15) is 32.3 Å². The summed E-state index contributed by atoms with van der Waals surface area (Å²) in [6.07, 6.45) is 1.24. The number of hydrogen-bond donors (Lipinski definition) is 2. The van der Waals surface area contributed by atoms with Gasteiger partial charge in [-0.15, -0.1) is 0 Å². The van der Waals surface area contributed by atoms with E-state index >= 15 is 0 Å². The third kappa shape index (κ3) is 3.43. The number of halogens is 2. The van der Waals surface area contributed by atoms with Crippen LogP contribution in [0.3, 0.4) is 0 Å². The largest absolute Gasteiger partial charge is 0.480 e. The number of carboxylic acid groups (broad SMARTS) is 1. The summed E-state index contributed by atoms with van der Waals surface area (Å²) in [7, 11) is 0. The minimum atomic E-state index is -1.02. The molecule has 0 saturated heterocycles. The van der Waals surface area contributed by atoms with E-state index in [1.165, 1.54) is 6.07 Å². The zero-order valence-electron chi connectivity index (χ0n) is 10.5. The SMILES string of the molecule is CCCC(C)(NCc1cccc(F)c1Cl)C(=O)O. The van der Waals surface area contributed by atoms with Crippen LogP contribution >= 0.6 is 11.6 Å². The Bertz CT molecular complexity index is 439. The van der Waals surface area contributed by atoms with E-state index in [0.717, 1.165) is 6.42 Å². The van der Waals surface area contributed by atoms with E-state index in [0.29, 0.717) is 12.0 Å². The molecule has 0 aliphatic heterocycles. The van der Waals surface area contributed by atoms with Crippen LogP contribution in [-0.4, -0.2) is 16.6 Å². The van der Waals surface area contributed by atoms with E-state index < -0.39 is 17.3 Å². The Labute approximate surface area is 111 Å². The van der Waals surface area contributed by atoms with Gasteiger partial charge in [0.1, 0.15) is 11.4 Å². The van der Waals surface area contributed by atoms with Gasteiger partial charge in [0.2, 0.25) is 0 Å². The van der Waals surface area contributed by atoms with E-state index in [1.54, 1.807) is 19.1 Å². The lowest BCUT2D eigenvalue weighted by molar-refractivity contribution is -0.144. The van der Waals surface area contributed by atoms with E-state index in [2.05, 4.69) is 5.32 Å². The van der Waals surface area contributed by atoms with Crippen LogP contribution in [-0.2, 0) is 11.3 Å². The van der Waals surface area contributed by atoms with E-state index in [-0.39, 0.29) is 11.6 Å². The third-order valence-electron chi connectivity index (χ3n) is 2.92. The molecule has 0 bridgehead atoms. The van der Waals surface area contributed by atoms with Crippen molar-refractivity contribution in [3.63, 3.8) is 0 Å². The van der Waals surface area contributed by atoms with Gasteiger partial charge in [-0.25, -0.2) is 4.39 Å².